The fourth-order valence-corrected chi connectivity index (χ4v) is 6.29. The van der Waals surface area contributed by atoms with Gasteiger partial charge in [-0.15, -0.1) is 22.7 Å². The second kappa shape index (κ2) is 9.22. The van der Waals surface area contributed by atoms with Crippen molar-refractivity contribution in [2.75, 3.05) is 0 Å². The fourth-order valence-electron chi connectivity index (χ4n) is 4.51. The molecule has 1 amide bonds. The largest absolute Gasteiger partial charge is 0.347 e. The number of carbonyl (C=O) groups excluding carboxylic acids is 1. The molecule has 0 saturated heterocycles. The van der Waals surface area contributed by atoms with Crippen LogP contribution in [0.4, 0.5) is 0 Å². The highest BCUT2D eigenvalue weighted by Gasteiger charge is 2.26. The minimum Gasteiger partial charge on any atom is -0.347 e. The molecule has 3 heterocycles. The van der Waals surface area contributed by atoms with Crippen molar-refractivity contribution in [1.29, 1.82) is 0 Å². The van der Waals surface area contributed by atoms with E-state index < -0.39 is 0 Å². The molecular weight excluding hydrogens is 458 g/mol. The van der Waals surface area contributed by atoms with Crippen LogP contribution in [-0.2, 0) is 6.54 Å². The summed E-state index contributed by atoms with van der Waals surface area (Å²) < 4.78 is 2.35. The molecule has 1 fully saturated rings. The number of aromatic nitrogens is 2. The number of nitrogens with one attached hydrogen (secondary N) is 1. The van der Waals surface area contributed by atoms with Crippen LogP contribution in [0.25, 0.3) is 22.0 Å². The molecule has 1 saturated carbocycles. The summed E-state index contributed by atoms with van der Waals surface area (Å²) in [7, 11) is 0. The number of halogens is 1. The van der Waals surface area contributed by atoms with Gasteiger partial charge in [0.05, 0.1) is 28.5 Å². The van der Waals surface area contributed by atoms with Crippen molar-refractivity contribution in [1.82, 2.24) is 14.9 Å². The summed E-state index contributed by atoms with van der Waals surface area (Å²) in [4.78, 5) is 19.2. The number of nitrogens with zero attached hydrogens (tertiary/aromatic N) is 2. The fraction of sp³-hybridized carbons (Fsp3) is 0.280. The zero-order valence-corrected chi connectivity index (χ0v) is 20.2. The van der Waals surface area contributed by atoms with Gasteiger partial charge in [-0.25, -0.2) is 4.98 Å². The van der Waals surface area contributed by atoms with Gasteiger partial charge in [-0.1, -0.05) is 48.7 Å². The Hall–Kier alpha value is -2.41. The Morgan fingerprint density at radius 2 is 2.00 bits per heavy atom. The average Bonchev–Trinajstić information content (AvgIpc) is 3.59. The van der Waals surface area contributed by atoms with Gasteiger partial charge in [0.25, 0.3) is 5.91 Å². The number of rotatable bonds is 6. The first kappa shape index (κ1) is 21.4. The number of thiazole rings is 1. The van der Waals surface area contributed by atoms with E-state index >= 15 is 0 Å². The molecule has 1 aromatic carbocycles. The summed E-state index contributed by atoms with van der Waals surface area (Å²) in [6, 6.07) is 14.3. The molecule has 0 spiro atoms. The molecule has 0 bridgehead atoms. The van der Waals surface area contributed by atoms with Crippen LogP contribution in [0.2, 0.25) is 5.02 Å². The molecule has 1 aliphatic carbocycles. The zero-order valence-electron chi connectivity index (χ0n) is 17.8. The Kier molecular flexibility index (Phi) is 6.17. The highest BCUT2D eigenvalue weighted by Crippen LogP contribution is 2.39. The van der Waals surface area contributed by atoms with Gasteiger partial charge in [0.1, 0.15) is 5.01 Å². The smallest absolute Gasteiger partial charge is 0.253 e. The van der Waals surface area contributed by atoms with E-state index in [0.717, 1.165) is 50.9 Å². The predicted octanol–water partition coefficient (Wildman–Crippen LogP) is 7.35. The van der Waals surface area contributed by atoms with Gasteiger partial charge in [0.15, 0.2) is 0 Å². The van der Waals surface area contributed by atoms with Crippen LogP contribution in [0, 0.1) is 6.92 Å². The van der Waals surface area contributed by atoms with Crippen molar-refractivity contribution in [3.8, 4) is 22.0 Å². The standard InChI is InChI=1S/C25H24ClN3OS2/c1-16-20(24(30)27-14-18-9-6-12-31-18)13-23(29(16)17-7-2-3-8-17)22-15-32-25(28-22)19-10-4-5-11-21(19)26/h4-6,9-13,15,17H,2-3,7-8,14H2,1H3,(H,27,30). The van der Waals surface area contributed by atoms with Crippen LogP contribution in [0.3, 0.4) is 0 Å². The van der Waals surface area contributed by atoms with Crippen molar-refractivity contribution in [2.24, 2.45) is 0 Å². The van der Waals surface area contributed by atoms with Gasteiger partial charge in [-0.2, -0.15) is 0 Å². The number of benzene rings is 1. The molecule has 32 heavy (non-hydrogen) atoms. The van der Waals surface area contributed by atoms with E-state index in [1.807, 2.05) is 47.8 Å². The van der Waals surface area contributed by atoms with Crippen molar-refractivity contribution in [2.45, 2.75) is 45.2 Å². The maximum Gasteiger partial charge on any atom is 0.253 e. The van der Waals surface area contributed by atoms with Crippen molar-refractivity contribution < 1.29 is 4.79 Å². The normalized spacial score (nSPS) is 14.2. The maximum absolute atomic E-state index is 13.1. The lowest BCUT2D eigenvalue weighted by molar-refractivity contribution is 0.0950. The lowest BCUT2D eigenvalue weighted by Gasteiger charge is -2.18. The van der Waals surface area contributed by atoms with Crippen LogP contribution >= 0.6 is 34.3 Å². The van der Waals surface area contributed by atoms with Gasteiger partial charge in [-0.05, 0) is 43.3 Å². The molecule has 4 aromatic rings. The van der Waals surface area contributed by atoms with Crippen molar-refractivity contribution in [3.63, 3.8) is 0 Å². The lowest BCUT2D eigenvalue weighted by Crippen LogP contribution is -2.23. The highest BCUT2D eigenvalue weighted by molar-refractivity contribution is 7.13. The van der Waals surface area contributed by atoms with Crippen LogP contribution in [0.5, 0.6) is 0 Å². The molecule has 1 aliphatic rings. The van der Waals surface area contributed by atoms with E-state index in [0.29, 0.717) is 17.6 Å². The predicted molar refractivity (Wildman–Crippen MR) is 134 cm³/mol. The number of hydrogen-bond donors (Lipinski definition) is 1. The van der Waals surface area contributed by atoms with Crippen LogP contribution < -0.4 is 5.32 Å². The Balaban J connectivity index is 1.51. The lowest BCUT2D eigenvalue weighted by atomic mass is 10.2. The van der Waals surface area contributed by atoms with Crippen molar-refractivity contribution >= 4 is 40.2 Å². The van der Waals surface area contributed by atoms with E-state index in [1.165, 1.54) is 12.8 Å². The summed E-state index contributed by atoms with van der Waals surface area (Å²) >= 11 is 9.65. The number of carbonyl (C=O) groups is 1. The first-order valence-electron chi connectivity index (χ1n) is 10.8. The molecule has 4 nitrogen and oxygen atoms in total. The number of thiophene rings is 1. The van der Waals surface area contributed by atoms with Gasteiger partial charge >= 0.3 is 0 Å². The summed E-state index contributed by atoms with van der Waals surface area (Å²) in [6.07, 6.45) is 4.73. The quantitative estimate of drug-likeness (QED) is 0.313. The second-order valence-electron chi connectivity index (χ2n) is 8.12. The summed E-state index contributed by atoms with van der Waals surface area (Å²) in [5.41, 5.74) is 4.61. The third-order valence-electron chi connectivity index (χ3n) is 6.10. The molecular formula is C25H24ClN3OS2. The molecule has 1 N–H and O–H groups in total. The maximum atomic E-state index is 13.1. The van der Waals surface area contributed by atoms with Gasteiger partial charge < -0.3 is 9.88 Å². The summed E-state index contributed by atoms with van der Waals surface area (Å²) in [5, 5.41) is 8.78. The molecule has 0 aliphatic heterocycles. The third-order valence-corrected chi connectivity index (χ3v) is 8.18. The van der Waals surface area contributed by atoms with E-state index in [4.69, 9.17) is 16.6 Å². The van der Waals surface area contributed by atoms with Gasteiger partial charge in [0.2, 0.25) is 0 Å². The van der Waals surface area contributed by atoms with Gasteiger partial charge in [0, 0.05) is 27.6 Å². The summed E-state index contributed by atoms with van der Waals surface area (Å²) in [6.45, 7) is 2.61. The Morgan fingerprint density at radius 1 is 1.19 bits per heavy atom. The molecule has 5 rings (SSSR count). The monoisotopic (exact) mass is 481 g/mol. The Bertz CT molecular complexity index is 1240. The van der Waals surface area contributed by atoms with E-state index in [-0.39, 0.29) is 5.91 Å². The molecule has 3 aromatic heterocycles. The first-order chi connectivity index (χ1) is 15.6. The zero-order chi connectivity index (χ0) is 22.1. The number of amides is 1. The van der Waals surface area contributed by atoms with Crippen LogP contribution in [0.1, 0.15) is 52.7 Å². The number of hydrogen-bond acceptors (Lipinski definition) is 4. The van der Waals surface area contributed by atoms with E-state index in [2.05, 4.69) is 22.2 Å². The topological polar surface area (TPSA) is 46.9 Å². The Labute approximate surface area is 200 Å². The van der Waals surface area contributed by atoms with Crippen LogP contribution in [-0.4, -0.2) is 15.5 Å². The minimum atomic E-state index is -0.0320. The second-order valence-corrected chi connectivity index (χ2v) is 10.4. The summed E-state index contributed by atoms with van der Waals surface area (Å²) in [5.74, 6) is -0.0320. The molecule has 0 atom stereocenters. The highest BCUT2D eigenvalue weighted by atomic mass is 35.5. The minimum absolute atomic E-state index is 0.0320. The Morgan fingerprint density at radius 3 is 2.75 bits per heavy atom. The molecule has 7 heteroatoms. The van der Waals surface area contributed by atoms with Crippen molar-refractivity contribution in [3.05, 3.63) is 74.4 Å². The van der Waals surface area contributed by atoms with E-state index in [9.17, 15) is 4.79 Å². The van der Waals surface area contributed by atoms with Gasteiger partial charge in [-0.3, -0.25) is 4.79 Å². The first-order valence-corrected chi connectivity index (χ1v) is 13.0. The molecule has 164 valence electrons. The van der Waals surface area contributed by atoms with Crippen LogP contribution in [0.15, 0.2) is 53.2 Å². The molecule has 0 radical (unpaired) electrons. The average molecular weight is 482 g/mol. The SMILES string of the molecule is Cc1c(C(=O)NCc2cccs2)cc(-c2csc(-c3ccccc3Cl)n2)n1C1CCCC1. The third kappa shape index (κ3) is 4.15. The van der Waals surface area contributed by atoms with E-state index in [1.54, 1.807) is 22.7 Å². The molecule has 0 unspecified atom stereocenters.